The zero-order chi connectivity index (χ0) is 10.1. The molecule has 0 N–H and O–H groups in total. The standard InChI is InChI=1S/C13H13NS/c1-2-4-11-9-12(6-5-10(11)3-1)13-14-7-8-15-13/h5-9H,1-4H2. The highest BCUT2D eigenvalue weighted by Crippen LogP contribution is 2.28. The van der Waals surface area contributed by atoms with Crippen molar-refractivity contribution in [3.63, 3.8) is 0 Å². The van der Waals surface area contributed by atoms with Crippen molar-refractivity contribution in [1.82, 2.24) is 4.98 Å². The zero-order valence-corrected chi connectivity index (χ0v) is 9.39. The summed E-state index contributed by atoms with van der Waals surface area (Å²) in [6, 6.07) is 6.82. The Labute approximate surface area is 93.8 Å². The van der Waals surface area contributed by atoms with Crippen LogP contribution in [-0.2, 0) is 12.8 Å². The van der Waals surface area contributed by atoms with Crippen LogP contribution in [0.15, 0.2) is 29.8 Å². The second-order valence-corrected chi connectivity index (χ2v) is 4.92. The normalized spacial score (nSPS) is 14.9. The Morgan fingerprint density at radius 1 is 1.07 bits per heavy atom. The number of aromatic nitrogens is 1. The van der Waals surface area contributed by atoms with Gasteiger partial charge in [-0.2, -0.15) is 0 Å². The third-order valence-electron chi connectivity index (χ3n) is 3.03. The van der Waals surface area contributed by atoms with E-state index in [0.717, 1.165) is 5.01 Å². The molecule has 0 amide bonds. The lowest BCUT2D eigenvalue weighted by Crippen LogP contribution is -2.02. The van der Waals surface area contributed by atoms with Gasteiger partial charge in [-0.1, -0.05) is 12.1 Å². The molecule has 1 aromatic heterocycles. The van der Waals surface area contributed by atoms with Crippen molar-refractivity contribution >= 4 is 11.3 Å². The first-order valence-corrected chi connectivity index (χ1v) is 6.33. The van der Waals surface area contributed by atoms with Gasteiger partial charge in [0.1, 0.15) is 5.01 Å². The second-order valence-electron chi connectivity index (χ2n) is 4.03. The predicted molar refractivity (Wildman–Crippen MR) is 64.2 cm³/mol. The Morgan fingerprint density at radius 2 is 1.93 bits per heavy atom. The Bertz CT molecular complexity index is 459. The van der Waals surface area contributed by atoms with Crippen molar-refractivity contribution in [2.24, 2.45) is 0 Å². The van der Waals surface area contributed by atoms with Gasteiger partial charge in [0.25, 0.3) is 0 Å². The van der Waals surface area contributed by atoms with E-state index in [9.17, 15) is 0 Å². The van der Waals surface area contributed by atoms with Gasteiger partial charge in [0.05, 0.1) is 0 Å². The van der Waals surface area contributed by atoms with Gasteiger partial charge in [0.15, 0.2) is 0 Å². The Hall–Kier alpha value is -1.15. The Balaban J connectivity index is 2.04. The predicted octanol–water partition coefficient (Wildman–Crippen LogP) is 3.69. The van der Waals surface area contributed by atoms with Crippen LogP contribution < -0.4 is 0 Å². The summed E-state index contributed by atoms with van der Waals surface area (Å²) in [5.74, 6) is 0. The van der Waals surface area contributed by atoms with Crippen LogP contribution in [-0.4, -0.2) is 4.98 Å². The maximum atomic E-state index is 4.35. The van der Waals surface area contributed by atoms with E-state index < -0.39 is 0 Å². The number of aryl methyl sites for hydroxylation is 2. The molecule has 1 heterocycles. The monoisotopic (exact) mass is 215 g/mol. The zero-order valence-electron chi connectivity index (χ0n) is 8.57. The number of rotatable bonds is 1. The third kappa shape index (κ3) is 1.70. The highest BCUT2D eigenvalue weighted by atomic mass is 32.1. The van der Waals surface area contributed by atoms with E-state index in [0.29, 0.717) is 0 Å². The summed E-state index contributed by atoms with van der Waals surface area (Å²) < 4.78 is 0. The van der Waals surface area contributed by atoms with Gasteiger partial charge in [-0.05, 0) is 42.9 Å². The van der Waals surface area contributed by atoms with E-state index in [1.807, 2.05) is 11.6 Å². The fourth-order valence-electron chi connectivity index (χ4n) is 2.23. The molecule has 1 aromatic carbocycles. The number of hydrogen-bond acceptors (Lipinski definition) is 2. The molecule has 1 nitrogen and oxygen atoms in total. The lowest BCUT2D eigenvalue weighted by atomic mass is 9.90. The molecule has 0 aliphatic heterocycles. The summed E-state index contributed by atoms with van der Waals surface area (Å²) in [6.45, 7) is 0. The molecular formula is C13H13NS. The van der Waals surface area contributed by atoms with E-state index in [4.69, 9.17) is 0 Å². The highest BCUT2D eigenvalue weighted by molar-refractivity contribution is 7.13. The number of thiazole rings is 1. The molecule has 76 valence electrons. The molecule has 0 fully saturated rings. The number of nitrogens with zero attached hydrogens (tertiary/aromatic N) is 1. The van der Waals surface area contributed by atoms with Crippen LogP contribution in [0.1, 0.15) is 24.0 Å². The largest absolute Gasteiger partial charge is 0.245 e. The van der Waals surface area contributed by atoms with Gasteiger partial charge in [-0.25, -0.2) is 4.98 Å². The van der Waals surface area contributed by atoms with Gasteiger partial charge < -0.3 is 0 Å². The molecule has 0 saturated carbocycles. The lowest BCUT2D eigenvalue weighted by molar-refractivity contribution is 0.686. The number of benzene rings is 1. The van der Waals surface area contributed by atoms with Crippen LogP contribution >= 0.6 is 11.3 Å². The fraction of sp³-hybridized carbons (Fsp3) is 0.308. The molecule has 0 saturated heterocycles. The van der Waals surface area contributed by atoms with Crippen LogP contribution in [0.4, 0.5) is 0 Å². The average Bonchev–Trinajstić information content (AvgIpc) is 2.82. The summed E-state index contributed by atoms with van der Waals surface area (Å²) in [5.41, 5.74) is 4.36. The van der Waals surface area contributed by atoms with Crippen LogP contribution in [0.5, 0.6) is 0 Å². The molecule has 3 rings (SSSR count). The van der Waals surface area contributed by atoms with Crippen molar-refractivity contribution < 1.29 is 0 Å². The van der Waals surface area contributed by atoms with Gasteiger partial charge in [0.2, 0.25) is 0 Å². The molecule has 0 radical (unpaired) electrons. The van der Waals surface area contributed by atoms with E-state index in [1.165, 1.54) is 36.8 Å². The van der Waals surface area contributed by atoms with Crippen LogP contribution in [0.25, 0.3) is 10.6 Å². The summed E-state index contributed by atoms with van der Waals surface area (Å²) in [7, 11) is 0. The maximum absolute atomic E-state index is 4.35. The van der Waals surface area contributed by atoms with E-state index in [1.54, 1.807) is 16.9 Å². The average molecular weight is 215 g/mol. The molecule has 2 heteroatoms. The fourth-order valence-corrected chi connectivity index (χ4v) is 2.87. The van der Waals surface area contributed by atoms with Gasteiger partial charge in [0, 0.05) is 17.1 Å². The van der Waals surface area contributed by atoms with E-state index >= 15 is 0 Å². The van der Waals surface area contributed by atoms with Crippen molar-refractivity contribution in [3.8, 4) is 10.6 Å². The Kier molecular flexibility index (Phi) is 2.29. The molecule has 15 heavy (non-hydrogen) atoms. The molecule has 1 aliphatic carbocycles. The molecule has 2 aromatic rings. The van der Waals surface area contributed by atoms with Gasteiger partial charge in [-0.15, -0.1) is 11.3 Å². The first-order chi connectivity index (χ1) is 7.43. The van der Waals surface area contributed by atoms with Crippen molar-refractivity contribution in [2.75, 3.05) is 0 Å². The van der Waals surface area contributed by atoms with E-state index in [2.05, 4.69) is 23.2 Å². The van der Waals surface area contributed by atoms with Gasteiger partial charge >= 0.3 is 0 Å². The number of fused-ring (bicyclic) bond motifs is 1. The van der Waals surface area contributed by atoms with E-state index in [-0.39, 0.29) is 0 Å². The summed E-state index contributed by atoms with van der Waals surface area (Å²) in [5, 5.41) is 3.18. The summed E-state index contributed by atoms with van der Waals surface area (Å²) >= 11 is 1.72. The van der Waals surface area contributed by atoms with Crippen molar-refractivity contribution in [2.45, 2.75) is 25.7 Å². The van der Waals surface area contributed by atoms with Crippen LogP contribution in [0.3, 0.4) is 0 Å². The first kappa shape index (κ1) is 9.10. The highest BCUT2D eigenvalue weighted by Gasteiger charge is 2.10. The molecule has 0 unspecified atom stereocenters. The molecule has 0 atom stereocenters. The second kappa shape index (κ2) is 3.78. The van der Waals surface area contributed by atoms with Crippen molar-refractivity contribution in [1.29, 1.82) is 0 Å². The minimum absolute atomic E-state index is 1.14. The SMILES string of the molecule is c1csc(-c2ccc3c(c2)CCCC3)n1. The quantitative estimate of drug-likeness (QED) is 0.707. The molecular weight excluding hydrogens is 202 g/mol. The molecule has 0 bridgehead atoms. The molecule has 0 spiro atoms. The Morgan fingerprint density at radius 3 is 2.73 bits per heavy atom. The lowest BCUT2D eigenvalue weighted by Gasteiger charge is -2.15. The maximum Gasteiger partial charge on any atom is 0.123 e. The minimum atomic E-state index is 1.14. The summed E-state index contributed by atoms with van der Waals surface area (Å²) in [4.78, 5) is 4.35. The van der Waals surface area contributed by atoms with Crippen LogP contribution in [0, 0.1) is 0 Å². The molecule has 1 aliphatic rings. The topological polar surface area (TPSA) is 12.9 Å². The number of hydrogen-bond donors (Lipinski definition) is 0. The first-order valence-electron chi connectivity index (χ1n) is 5.45. The van der Waals surface area contributed by atoms with Crippen molar-refractivity contribution in [3.05, 3.63) is 40.9 Å². The van der Waals surface area contributed by atoms with Crippen LogP contribution in [0.2, 0.25) is 0 Å². The minimum Gasteiger partial charge on any atom is -0.245 e. The van der Waals surface area contributed by atoms with Gasteiger partial charge in [-0.3, -0.25) is 0 Å². The third-order valence-corrected chi connectivity index (χ3v) is 3.85. The summed E-state index contributed by atoms with van der Waals surface area (Å²) in [6.07, 6.45) is 7.07. The smallest absolute Gasteiger partial charge is 0.123 e.